The Morgan fingerprint density at radius 3 is 1.73 bits per heavy atom. The van der Waals surface area contributed by atoms with Gasteiger partial charge in [-0.05, 0) is 98.8 Å². The van der Waals surface area contributed by atoms with Crippen molar-refractivity contribution < 1.29 is 0 Å². The Kier molecular flexibility index (Phi) is 5.76. The fraction of sp³-hybridized carbons (Fsp3) is 0.0612. The number of rotatable bonds is 3. The minimum absolute atomic E-state index is 0.0252. The van der Waals surface area contributed by atoms with Crippen LogP contribution in [0, 0.1) is 0 Å². The summed E-state index contributed by atoms with van der Waals surface area (Å²) in [6, 6.07) is 62.9. The summed E-state index contributed by atoms with van der Waals surface area (Å²) in [4.78, 5) is 0. The quantitative estimate of drug-likeness (QED) is 0.180. The Hall–Kier alpha value is -6.38. The standard InChI is InChI=1S/C49H34N2/c1-49(2)42-20-10-8-18-38(42)48-36(19-12-21-43(48)49)31-23-25-35(26-24-31)51-45-28-33-14-7-6-13-32(33)27-39(45)41-30-46-40(29-47(41)51)37-17-9-11-22-44(37)50(46)34-15-4-3-5-16-34/h3-30H,1-2H3. The van der Waals surface area contributed by atoms with Crippen LogP contribution in [0.2, 0.25) is 0 Å². The molecule has 51 heavy (non-hydrogen) atoms. The van der Waals surface area contributed by atoms with E-state index in [0.717, 1.165) is 5.69 Å². The largest absolute Gasteiger partial charge is 0.309 e. The topological polar surface area (TPSA) is 9.86 Å². The van der Waals surface area contributed by atoms with Gasteiger partial charge in [-0.1, -0.05) is 129 Å². The van der Waals surface area contributed by atoms with Gasteiger partial charge in [0.15, 0.2) is 0 Å². The number of para-hydroxylation sites is 2. The summed E-state index contributed by atoms with van der Waals surface area (Å²) in [5.41, 5.74) is 15.2. The summed E-state index contributed by atoms with van der Waals surface area (Å²) in [6.45, 7) is 4.70. The summed E-state index contributed by atoms with van der Waals surface area (Å²) in [5.74, 6) is 0. The molecule has 1 aliphatic carbocycles. The lowest BCUT2D eigenvalue weighted by Gasteiger charge is -2.21. The Balaban J connectivity index is 1.17. The predicted molar refractivity (Wildman–Crippen MR) is 216 cm³/mol. The molecule has 2 heteroatoms. The monoisotopic (exact) mass is 650 g/mol. The highest BCUT2D eigenvalue weighted by Gasteiger charge is 2.36. The molecule has 2 aromatic heterocycles. The fourth-order valence-electron chi connectivity index (χ4n) is 9.08. The molecule has 0 radical (unpaired) electrons. The SMILES string of the molecule is CC1(C)c2ccccc2-c2c(-c3ccc(-n4c5cc6ccccc6cc5c5cc6c(cc54)c4ccccc4n6-c4ccccc4)cc3)cccc21. The molecule has 11 rings (SSSR count). The van der Waals surface area contributed by atoms with Gasteiger partial charge in [0.25, 0.3) is 0 Å². The van der Waals surface area contributed by atoms with Gasteiger partial charge in [0.1, 0.15) is 0 Å². The van der Waals surface area contributed by atoms with E-state index in [1.165, 1.54) is 93.5 Å². The van der Waals surface area contributed by atoms with Gasteiger partial charge in [-0.15, -0.1) is 0 Å². The van der Waals surface area contributed by atoms with E-state index >= 15 is 0 Å². The van der Waals surface area contributed by atoms with Gasteiger partial charge < -0.3 is 9.13 Å². The van der Waals surface area contributed by atoms with Crippen molar-refractivity contribution in [3.05, 3.63) is 181 Å². The van der Waals surface area contributed by atoms with Crippen molar-refractivity contribution in [2.45, 2.75) is 19.3 Å². The van der Waals surface area contributed by atoms with Crippen LogP contribution < -0.4 is 0 Å². The van der Waals surface area contributed by atoms with Crippen molar-refractivity contribution in [2.75, 3.05) is 0 Å². The van der Waals surface area contributed by atoms with E-state index in [1.54, 1.807) is 0 Å². The minimum Gasteiger partial charge on any atom is -0.309 e. The Labute approximate surface area is 296 Å². The second-order valence-corrected chi connectivity index (χ2v) is 14.6. The first-order valence-corrected chi connectivity index (χ1v) is 17.9. The molecule has 1 aliphatic rings. The Morgan fingerprint density at radius 1 is 0.373 bits per heavy atom. The number of nitrogens with zero attached hydrogens (tertiary/aromatic N) is 2. The lowest BCUT2D eigenvalue weighted by Crippen LogP contribution is -2.14. The summed E-state index contributed by atoms with van der Waals surface area (Å²) in [5, 5.41) is 7.54. The third kappa shape index (κ3) is 3.93. The second-order valence-electron chi connectivity index (χ2n) is 14.6. The van der Waals surface area contributed by atoms with Gasteiger partial charge >= 0.3 is 0 Å². The molecule has 240 valence electrons. The summed E-state index contributed by atoms with van der Waals surface area (Å²) < 4.78 is 4.89. The lowest BCUT2D eigenvalue weighted by atomic mass is 9.82. The minimum atomic E-state index is -0.0252. The fourth-order valence-corrected chi connectivity index (χ4v) is 9.08. The highest BCUT2D eigenvalue weighted by Crippen LogP contribution is 2.52. The molecular formula is C49H34N2. The molecule has 0 bridgehead atoms. The van der Waals surface area contributed by atoms with Crippen LogP contribution in [0.5, 0.6) is 0 Å². The first kappa shape index (κ1) is 28.5. The van der Waals surface area contributed by atoms with Gasteiger partial charge in [-0.25, -0.2) is 0 Å². The van der Waals surface area contributed by atoms with Crippen LogP contribution in [0.15, 0.2) is 170 Å². The molecule has 0 atom stereocenters. The molecule has 8 aromatic carbocycles. The first-order chi connectivity index (χ1) is 25.1. The summed E-state index contributed by atoms with van der Waals surface area (Å²) >= 11 is 0. The smallest absolute Gasteiger partial charge is 0.0548 e. The van der Waals surface area contributed by atoms with Crippen molar-refractivity contribution in [1.82, 2.24) is 9.13 Å². The van der Waals surface area contributed by atoms with Crippen LogP contribution in [0.4, 0.5) is 0 Å². The molecule has 0 saturated heterocycles. The van der Waals surface area contributed by atoms with Gasteiger partial charge in [0.2, 0.25) is 0 Å². The van der Waals surface area contributed by atoms with Crippen molar-refractivity contribution >= 4 is 54.4 Å². The zero-order chi connectivity index (χ0) is 33.8. The summed E-state index contributed by atoms with van der Waals surface area (Å²) in [6.07, 6.45) is 0. The molecule has 0 fully saturated rings. The van der Waals surface area contributed by atoms with Gasteiger partial charge in [-0.3, -0.25) is 0 Å². The lowest BCUT2D eigenvalue weighted by molar-refractivity contribution is 0.660. The average molecular weight is 651 g/mol. The first-order valence-electron chi connectivity index (χ1n) is 17.9. The molecule has 0 N–H and O–H groups in total. The van der Waals surface area contributed by atoms with E-state index in [-0.39, 0.29) is 5.41 Å². The van der Waals surface area contributed by atoms with Gasteiger partial charge in [0, 0.05) is 38.3 Å². The zero-order valence-corrected chi connectivity index (χ0v) is 28.6. The maximum Gasteiger partial charge on any atom is 0.0548 e. The van der Waals surface area contributed by atoms with Crippen LogP contribution >= 0.6 is 0 Å². The highest BCUT2D eigenvalue weighted by molar-refractivity contribution is 6.20. The van der Waals surface area contributed by atoms with Gasteiger partial charge in [-0.2, -0.15) is 0 Å². The van der Waals surface area contributed by atoms with Crippen molar-refractivity contribution in [3.8, 4) is 33.6 Å². The number of aromatic nitrogens is 2. The maximum atomic E-state index is 2.47. The number of fused-ring (bicyclic) bond motifs is 10. The van der Waals surface area contributed by atoms with E-state index < -0.39 is 0 Å². The highest BCUT2D eigenvalue weighted by atomic mass is 15.0. The van der Waals surface area contributed by atoms with Gasteiger partial charge in [0.05, 0.1) is 22.1 Å². The van der Waals surface area contributed by atoms with Crippen LogP contribution in [0.25, 0.3) is 88.0 Å². The maximum absolute atomic E-state index is 2.47. The van der Waals surface area contributed by atoms with E-state index in [0.29, 0.717) is 0 Å². The molecule has 0 amide bonds. The number of hydrogen-bond donors (Lipinski definition) is 0. The molecule has 0 aliphatic heterocycles. The van der Waals surface area contributed by atoms with Crippen LogP contribution in [-0.2, 0) is 5.41 Å². The van der Waals surface area contributed by atoms with E-state index in [9.17, 15) is 0 Å². The average Bonchev–Trinajstić information content (AvgIpc) is 3.76. The molecule has 10 aromatic rings. The molecule has 2 heterocycles. The van der Waals surface area contributed by atoms with E-state index in [4.69, 9.17) is 0 Å². The predicted octanol–water partition coefficient (Wildman–Crippen LogP) is 13.0. The van der Waals surface area contributed by atoms with Crippen LogP contribution in [0.3, 0.4) is 0 Å². The Bertz CT molecular complexity index is 3030. The van der Waals surface area contributed by atoms with Crippen molar-refractivity contribution in [2.24, 2.45) is 0 Å². The summed E-state index contributed by atoms with van der Waals surface area (Å²) in [7, 11) is 0. The second kappa shape index (κ2) is 10.3. The Morgan fingerprint density at radius 2 is 0.922 bits per heavy atom. The molecular weight excluding hydrogens is 617 g/mol. The normalized spacial score (nSPS) is 13.5. The number of benzene rings is 8. The van der Waals surface area contributed by atoms with Crippen LogP contribution in [0.1, 0.15) is 25.0 Å². The third-order valence-electron chi connectivity index (χ3n) is 11.5. The third-order valence-corrected chi connectivity index (χ3v) is 11.5. The molecule has 0 unspecified atom stereocenters. The number of hydrogen-bond acceptors (Lipinski definition) is 0. The molecule has 0 saturated carbocycles. The van der Waals surface area contributed by atoms with Crippen molar-refractivity contribution in [3.63, 3.8) is 0 Å². The van der Waals surface area contributed by atoms with Crippen LogP contribution in [-0.4, -0.2) is 9.13 Å². The van der Waals surface area contributed by atoms with E-state index in [1.807, 2.05) is 0 Å². The molecule has 2 nitrogen and oxygen atoms in total. The van der Waals surface area contributed by atoms with E-state index in [2.05, 4.69) is 193 Å². The molecule has 0 spiro atoms. The zero-order valence-electron chi connectivity index (χ0n) is 28.6. The van der Waals surface area contributed by atoms with Crippen molar-refractivity contribution in [1.29, 1.82) is 0 Å².